The summed E-state index contributed by atoms with van der Waals surface area (Å²) in [6.45, 7) is 0. The smallest absolute Gasteiger partial charge is 0.374 e. The number of allylic oxidation sites excluding steroid dienone is 1. The summed E-state index contributed by atoms with van der Waals surface area (Å²) >= 11 is 0. The fraction of sp³-hybridized carbons (Fsp3) is 0.0526. The number of aliphatic hydroxyl groups excluding tert-OH is 1. The van der Waals surface area contributed by atoms with Gasteiger partial charge in [0.2, 0.25) is 5.76 Å². The highest BCUT2D eigenvalue weighted by Crippen LogP contribution is 2.34. The molecule has 0 aromatic heterocycles. The zero-order valence-electron chi connectivity index (χ0n) is 12.2. The molecular weight excluding hydrogens is 292 g/mol. The highest BCUT2D eigenvalue weighted by Gasteiger charge is 2.38. The molecule has 0 amide bonds. The Hall–Kier alpha value is -3.14. The zero-order valence-corrected chi connectivity index (χ0v) is 12.2. The van der Waals surface area contributed by atoms with Crippen molar-refractivity contribution in [3.63, 3.8) is 0 Å². The van der Waals surface area contributed by atoms with E-state index in [0.717, 1.165) is 5.56 Å². The quantitative estimate of drug-likeness (QED) is 0.695. The average Bonchev–Trinajstić information content (AvgIpc) is 2.90. The van der Waals surface area contributed by atoms with Crippen LogP contribution in [0.1, 0.15) is 17.2 Å². The minimum atomic E-state index is -0.879. The van der Waals surface area contributed by atoms with E-state index in [1.807, 2.05) is 36.4 Å². The molecule has 1 aliphatic rings. The van der Waals surface area contributed by atoms with Gasteiger partial charge in [0.1, 0.15) is 0 Å². The first-order valence-electron chi connectivity index (χ1n) is 7.13. The molecule has 0 saturated heterocycles. The second kappa shape index (κ2) is 6.32. The lowest BCUT2D eigenvalue weighted by Gasteiger charge is -2.11. The molecule has 4 nitrogen and oxygen atoms in total. The Morgan fingerprint density at radius 1 is 1.00 bits per heavy atom. The monoisotopic (exact) mass is 306 g/mol. The van der Waals surface area contributed by atoms with Crippen molar-refractivity contribution in [2.75, 3.05) is 0 Å². The Bertz CT molecular complexity index is 789. The van der Waals surface area contributed by atoms with E-state index in [0.29, 0.717) is 5.56 Å². The van der Waals surface area contributed by atoms with Gasteiger partial charge in [-0.25, -0.2) is 4.79 Å². The first-order chi connectivity index (χ1) is 11.2. The van der Waals surface area contributed by atoms with Crippen molar-refractivity contribution in [1.29, 1.82) is 0 Å². The summed E-state index contributed by atoms with van der Waals surface area (Å²) in [5.74, 6) is -1.96. The number of carbonyl (C=O) groups is 2. The van der Waals surface area contributed by atoms with E-state index >= 15 is 0 Å². The van der Waals surface area contributed by atoms with Crippen LogP contribution in [0.4, 0.5) is 0 Å². The lowest BCUT2D eigenvalue weighted by Crippen LogP contribution is -2.08. The normalized spacial score (nSPS) is 17.6. The van der Waals surface area contributed by atoms with Gasteiger partial charge in [-0.15, -0.1) is 0 Å². The van der Waals surface area contributed by atoms with Crippen molar-refractivity contribution in [3.8, 4) is 0 Å². The van der Waals surface area contributed by atoms with Crippen LogP contribution < -0.4 is 0 Å². The van der Waals surface area contributed by atoms with E-state index < -0.39 is 23.6 Å². The van der Waals surface area contributed by atoms with E-state index in [1.165, 1.54) is 6.08 Å². The van der Waals surface area contributed by atoms with Crippen LogP contribution in [0.2, 0.25) is 0 Å². The van der Waals surface area contributed by atoms with Crippen LogP contribution in [-0.4, -0.2) is 16.9 Å². The summed E-state index contributed by atoms with van der Waals surface area (Å²) in [4.78, 5) is 24.1. The van der Waals surface area contributed by atoms with Gasteiger partial charge < -0.3 is 9.84 Å². The molecule has 1 heterocycles. The molecule has 1 unspecified atom stereocenters. The lowest BCUT2D eigenvalue weighted by atomic mass is 9.98. The third-order valence-corrected chi connectivity index (χ3v) is 3.53. The van der Waals surface area contributed by atoms with Crippen molar-refractivity contribution in [2.45, 2.75) is 6.10 Å². The van der Waals surface area contributed by atoms with Crippen LogP contribution in [0.15, 0.2) is 78.1 Å². The molecule has 0 fully saturated rings. The Morgan fingerprint density at radius 3 is 2.26 bits per heavy atom. The molecule has 0 spiro atoms. The van der Waals surface area contributed by atoms with Crippen LogP contribution in [-0.2, 0) is 14.3 Å². The predicted octanol–water partition coefficient (Wildman–Crippen LogP) is 3.38. The molecule has 1 atom stereocenters. The number of hydrogen-bond donors (Lipinski definition) is 1. The second-order valence-corrected chi connectivity index (χ2v) is 5.07. The summed E-state index contributed by atoms with van der Waals surface area (Å²) in [5, 5.41) is 9.91. The minimum Gasteiger partial charge on any atom is -0.501 e. The first-order valence-corrected chi connectivity index (χ1v) is 7.13. The van der Waals surface area contributed by atoms with E-state index in [9.17, 15) is 14.7 Å². The largest absolute Gasteiger partial charge is 0.501 e. The number of carbonyl (C=O) groups excluding carboxylic acids is 2. The molecule has 2 aromatic rings. The summed E-state index contributed by atoms with van der Waals surface area (Å²) in [6, 6.07) is 18.1. The molecule has 114 valence electrons. The number of esters is 1. The van der Waals surface area contributed by atoms with Gasteiger partial charge >= 0.3 is 5.97 Å². The molecule has 0 saturated carbocycles. The maximum Gasteiger partial charge on any atom is 0.374 e. The number of benzene rings is 2. The van der Waals surface area contributed by atoms with Crippen molar-refractivity contribution in [1.82, 2.24) is 0 Å². The van der Waals surface area contributed by atoms with Crippen molar-refractivity contribution < 1.29 is 19.4 Å². The maximum atomic E-state index is 12.4. The predicted molar refractivity (Wildman–Crippen MR) is 85.4 cm³/mol. The zero-order chi connectivity index (χ0) is 16.2. The topological polar surface area (TPSA) is 63.6 Å². The first kappa shape index (κ1) is 14.8. The number of ketones is 1. The van der Waals surface area contributed by atoms with Crippen LogP contribution in [0.3, 0.4) is 0 Å². The molecule has 2 aromatic carbocycles. The number of ether oxygens (including phenoxy) is 1. The van der Waals surface area contributed by atoms with E-state index in [4.69, 9.17) is 4.74 Å². The van der Waals surface area contributed by atoms with Gasteiger partial charge in [0.15, 0.2) is 11.9 Å². The van der Waals surface area contributed by atoms with Crippen LogP contribution >= 0.6 is 0 Å². The van der Waals surface area contributed by atoms with Gasteiger partial charge in [-0.2, -0.15) is 0 Å². The van der Waals surface area contributed by atoms with E-state index in [2.05, 4.69) is 0 Å². The number of hydrogen-bond acceptors (Lipinski definition) is 4. The Labute approximate surface area is 133 Å². The summed E-state index contributed by atoms with van der Waals surface area (Å²) in [7, 11) is 0. The van der Waals surface area contributed by atoms with Gasteiger partial charge in [0.05, 0.1) is 5.57 Å². The van der Waals surface area contributed by atoms with Crippen LogP contribution in [0, 0.1) is 0 Å². The second-order valence-electron chi connectivity index (χ2n) is 5.07. The molecule has 4 heteroatoms. The fourth-order valence-electron chi connectivity index (χ4n) is 2.39. The highest BCUT2D eigenvalue weighted by atomic mass is 16.6. The van der Waals surface area contributed by atoms with Gasteiger partial charge in [0, 0.05) is 0 Å². The van der Waals surface area contributed by atoms with Gasteiger partial charge in [-0.1, -0.05) is 66.7 Å². The number of cyclic esters (lactones) is 1. The molecular formula is C19H14O4. The van der Waals surface area contributed by atoms with Crippen LogP contribution in [0.25, 0.3) is 6.08 Å². The molecule has 23 heavy (non-hydrogen) atoms. The van der Waals surface area contributed by atoms with Crippen molar-refractivity contribution >= 4 is 17.8 Å². The maximum absolute atomic E-state index is 12.4. The molecule has 1 N–H and O–H groups in total. The van der Waals surface area contributed by atoms with E-state index in [-0.39, 0.29) is 5.57 Å². The standard InChI is InChI=1S/C19H14O4/c20-15(12-11-13-7-3-1-4-8-13)16-17(21)19(22)23-18(16)14-9-5-2-6-10-14/h1-12,18,21H/b12-11+. The van der Waals surface area contributed by atoms with Gasteiger partial charge in [0.25, 0.3) is 0 Å². The van der Waals surface area contributed by atoms with Crippen LogP contribution in [0.5, 0.6) is 0 Å². The van der Waals surface area contributed by atoms with Gasteiger partial charge in [-0.3, -0.25) is 4.79 Å². The van der Waals surface area contributed by atoms with Crippen molar-refractivity contribution in [3.05, 3.63) is 89.2 Å². The third-order valence-electron chi connectivity index (χ3n) is 3.53. The van der Waals surface area contributed by atoms with Gasteiger partial charge in [-0.05, 0) is 17.2 Å². The molecule has 1 aliphatic heterocycles. The molecule has 3 rings (SSSR count). The number of rotatable bonds is 4. The summed E-state index contributed by atoms with van der Waals surface area (Å²) in [5.41, 5.74) is 1.46. The Kier molecular flexibility index (Phi) is 4.06. The molecule has 0 bridgehead atoms. The number of aliphatic hydroxyl groups is 1. The Morgan fingerprint density at radius 2 is 1.61 bits per heavy atom. The lowest BCUT2D eigenvalue weighted by molar-refractivity contribution is -0.142. The summed E-state index contributed by atoms with van der Waals surface area (Å²) in [6.07, 6.45) is 2.09. The summed E-state index contributed by atoms with van der Waals surface area (Å²) < 4.78 is 5.13. The van der Waals surface area contributed by atoms with Crippen molar-refractivity contribution in [2.24, 2.45) is 0 Å². The molecule has 0 aliphatic carbocycles. The average molecular weight is 306 g/mol. The molecule has 0 radical (unpaired) electrons. The SMILES string of the molecule is O=C(/C=C/c1ccccc1)C1=C(O)C(=O)OC1c1ccccc1. The third kappa shape index (κ3) is 3.06. The van der Waals surface area contributed by atoms with E-state index in [1.54, 1.807) is 30.3 Å². The minimum absolute atomic E-state index is 0.0339. The Balaban J connectivity index is 1.90. The highest BCUT2D eigenvalue weighted by molar-refractivity contribution is 6.12. The fourth-order valence-corrected chi connectivity index (χ4v) is 2.39.